The van der Waals surface area contributed by atoms with Gasteiger partial charge in [-0.25, -0.2) is 9.18 Å². The average Bonchev–Trinajstić information content (AvgIpc) is 3.29. The lowest BCUT2D eigenvalue weighted by molar-refractivity contribution is 0.0257. The zero-order valence-electron chi connectivity index (χ0n) is 13.9. The number of amides is 1. The van der Waals surface area contributed by atoms with Gasteiger partial charge in [-0.3, -0.25) is 0 Å². The largest absolute Gasteiger partial charge is 0.444 e. The Bertz CT molecular complexity index is 676. The Morgan fingerprint density at radius 1 is 1.50 bits per heavy atom. The molecule has 6 heteroatoms. The molecular formula is C18H21BrFNO3. The van der Waals surface area contributed by atoms with Crippen molar-refractivity contribution >= 4 is 22.0 Å². The summed E-state index contributed by atoms with van der Waals surface area (Å²) in [6.45, 7) is 5.17. The maximum absolute atomic E-state index is 14.5. The summed E-state index contributed by atoms with van der Waals surface area (Å²) in [5, 5.41) is 13.2. The quantitative estimate of drug-likeness (QED) is 0.761. The second-order valence-corrected chi connectivity index (χ2v) is 7.88. The first kappa shape index (κ1) is 18.8. The van der Waals surface area contributed by atoms with Gasteiger partial charge in [0.2, 0.25) is 0 Å². The molecule has 2 atom stereocenters. The topological polar surface area (TPSA) is 58.6 Å². The fourth-order valence-corrected chi connectivity index (χ4v) is 3.15. The van der Waals surface area contributed by atoms with Crippen LogP contribution in [0.15, 0.2) is 22.7 Å². The van der Waals surface area contributed by atoms with E-state index in [0.29, 0.717) is 4.47 Å². The molecule has 2 rings (SSSR count). The number of carbonyl (C=O) groups is 1. The number of aliphatic hydroxyl groups is 1. The van der Waals surface area contributed by atoms with Crippen molar-refractivity contribution in [3.63, 3.8) is 0 Å². The van der Waals surface area contributed by atoms with E-state index < -0.39 is 29.2 Å². The monoisotopic (exact) mass is 397 g/mol. The second-order valence-electron chi connectivity index (χ2n) is 6.96. The predicted molar refractivity (Wildman–Crippen MR) is 92.7 cm³/mol. The third-order valence-corrected chi connectivity index (χ3v) is 4.39. The van der Waals surface area contributed by atoms with Gasteiger partial charge in [0.05, 0.1) is 0 Å². The molecule has 2 N–H and O–H groups in total. The summed E-state index contributed by atoms with van der Waals surface area (Å²) in [5.41, 5.74) is -2.00. The Kier molecular flexibility index (Phi) is 5.26. The van der Waals surface area contributed by atoms with E-state index in [-0.39, 0.29) is 11.5 Å². The van der Waals surface area contributed by atoms with E-state index in [1.54, 1.807) is 26.8 Å². The lowest BCUT2D eigenvalue weighted by Crippen LogP contribution is -2.56. The van der Waals surface area contributed by atoms with Crippen molar-refractivity contribution in [2.45, 2.75) is 50.9 Å². The molecule has 1 saturated carbocycles. The number of halogens is 2. The third kappa shape index (κ3) is 3.90. The summed E-state index contributed by atoms with van der Waals surface area (Å²) in [5.74, 6) is 1.53. The zero-order valence-corrected chi connectivity index (χ0v) is 15.5. The van der Waals surface area contributed by atoms with Crippen LogP contribution in [0.1, 0.15) is 39.2 Å². The number of alkyl carbamates (subject to hydrolysis) is 1. The second kappa shape index (κ2) is 6.73. The maximum Gasteiger partial charge on any atom is 0.408 e. The molecule has 0 saturated heterocycles. The summed E-state index contributed by atoms with van der Waals surface area (Å²) in [4.78, 5) is 12.3. The highest BCUT2D eigenvalue weighted by Gasteiger charge is 2.54. The predicted octanol–water partition coefficient (Wildman–Crippen LogP) is 3.71. The first-order valence-corrected chi connectivity index (χ1v) is 8.50. The fraction of sp³-hybridized carbons (Fsp3) is 0.500. The van der Waals surface area contributed by atoms with Crippen molar-refractivity contribution in [1.82, 2.24) is 5.32 Å². The Labute approximate surface area is 149 Å². The van der Waals surface area contributed by atoms with Crippen LogP contribution in [0, 0.1) is 24.1 Å². The Hall–Kier alpha value is -1.58. The molecule has 24 heavy (non-hydrogen) atoms. The van der Waals surface area contributed by atoms with Crippen LogP contribution < -0.4 is 5.32 Å². The van der Waals surface area contributed by atoms with E-state index >= 15 is 0 Å². The number of nitrogens with one attached hydrogen (secondary N) is 1. The van der Waals surface area contributed by atoms with E-state index in [0.717, 1.165) is 12.8 Å². The standard InChI is InChI=1S/C18H21BrFNO3/c1-5-15(22)18(11-6-7-11,21-16(23)24-17(2,3)4)13-10-12(19)8-9-14(13)20/h1,8-11,15,22H,6-7H2,2-4H3,(H,21,23). The molecule has 0 aromatic heterocycles. The van der Waals surface area contributed by atoms with Crippen molar-refractivity contribution in [3.8, 4) is 12.3 Å². The van der Waals surface area contributed by atoms with Crippen molar-refractivity contribution in [1.29, 1.82) is 0 Å². The molecule has 4 nitrogen and oxygen atoms in total. The summed E-state index contributed by atoms with van der Waals surface area (Å²) in [6, 6.07) is 4.36. The summed E-state index contributed by atoms with van der Waals surface area (Å²) in [7, 11) is 0. The van der Waals surface area contributed by atoms with E-state index in [2.05, 4.69) is 27.2 Å². The first-order valence-electron chi connectivity index (χ1n) is 7.71. The summed E-state index contributed by atoms with van der Waals surface area (Å²) >= 11 is 3.30. The minimum Gasteiger partial charge on any atom is -0.444 e. The average molecular weight is 398 g/mol. The molecule has 0 heterocycles. The van der Waals surface area contributed by atoms with Crippen LogP contribution in [0.3, 0.4) is 0 Å². The van der Waals surface area contributed by atoms with Gasteiger partial charge in [-0.15, -0.1) is 6.42 Å². The van der Waals surface area contributed by atoms with Crippen molar-refractivity contribution in [2.24, 2.45) is 5.92 Å². The number of carbonyl (C=O) groups excluding carboxylic acids is 1. The van der Waals surface area contributed by atoms with Crippen LogP contribution in [0.2, 0.25) is 0 Å². The number of hydrogen-bond donors (Lipinski definition) is 2. The fourth-order valence-electron chi connectivity index (χ4n) is 2.79. The number of terminal acetylenes is 1. The molecule has 1 amide bonds. The lowest BCUT2D eigenvalue weighted by atomic mass is 9.79. The van der Waals surface area contributed by atoms with Gasteiger partial charge in [-0.1, -0.05) is 21.9 Å². The Morgan fingerprint density at radius 2 is 2.12 bits per heavy atom. The maximum atomic E-state index is 14.5. The molecule has 0 aliphatic heterocycles. The van der Waals surface area contributed by atoms with Crippen LogP contribution >= 0.6 is 15.9 Å². The van der Waals surface area contributed by atoms with E-state index in [4.69, 9.17) is 11.2 Å². The third-order valence-electron chi connectivity index (χ3n) is 3.89. The van der Waals surface area contributed by atoms with E-state index in [1.807, 2.05) is 0 Å². The highest BCUT2D eigenvalue weighted by molar-refractivity contribution is 9.10. The van der Waals surface area contributed by atoms with Gasteiger partial charge in [0.15, 0.2) is 0 Å². The first-order chi connectivity index (χ1) is 11.1. The van der Waals surface area contributed by atoms with Crippen LogP contribution in [0.4, 0.5) is 9.18 Å². The van der Waals surface area contributed by atoms with Gasteiger partial charge >= 0.3 is 6.09 Å². The number of ether oxygens (including phenoxy) is 1. The molecule has 1 aliphatic carbocycles. The molecule has 1 aromatic carbocycles. The summed E-state index contributed by atoms with van der Waals surface area (Å²) in [6.07, 6.45) is 4.74. The molecule has 2 unspecified atom stereocenters. The van der Waals surface area contributed by atoms with Gasteiger partial charge in [0.1, 0.15) is 23.1 Å². The van der Waals surface area contributed by atoms with Crippen LogP contribution in [-0.4, -0.2) is 22.9 Å². The van der Waals surface area contributed by atoms with Gasteiger partial charge < -0.3 is 15.2 Å². The van der Waals surface area contributed by atoms with Gasteiger partial charge in [0, 0.05) is 10.0 Å². The number of rotatable bonds is 4. The van der Waals surface area contributed by atoms with E-state index in [9.17, 15) is 14.3 Å². The normalized spacial score (nSPS) is 18.2. The van der Waals surface area contributed by atoms with Gasteiger partial charge in [-0.05, 0) is 57.7 Å². The number of benzene rings is 1. The number of aliphatic hydroxyl groups excluding tert-OH is 1. The smallest absolute Gasteiger partial charge is 0.408 e. The summed E-state index contributed by atoms with van der Waals surface area (Å²) < 4.78 is 20.5. The molecule has 1 aromatic rings. The van der Waals surface area contributed by atoms with Crippen molar-refractivity contribution in [3.05, 3.63) is 34.1 Å². The molecule has 0 spiro atoms. The Morgan fingerprint density at radius 3 is 2.62 bits per heavy atom. The zero-order chi connectivity index (χ0) is 18.1. The molecule has 0 radical (unpaired) electrons. The number of hydrogen-bond acceptors (Lipinski definition) is 3. The molecular weight excluding hydrogens is 377 g/mol. The van der Waals surface area contributed by atoms with Crippen LogP contribution in [0.5, 0.6) is 0 Å². The van der Waals surface area contributed by atoms with E-state index in [1.165, 1.54) is 12.1 Å². The Balaban J connectivity index is 2.51. The SMILES string of the molecule is C#CC(O)C(NC(=O)OC(C)(C)C)(c1cc(Br)ccc1F)C1CC1. The minimum atomic E-state index is -1.43. The highest BCUT2D eigenvalue weighted by atomic mass is 79.9. The van der Waals surface area contributed by atoms with Crippen molar-refractivity contribution in [2.75, 3.05) is 0 Å². The highest BCUT2D eigenvalue weighted by Crippen LogP contribution is 2.49. The minimum absolute atomic E-state index is 0.149. The molecule has 1 fully saturated rings. The van der Waals surface area contributed by atoms with Gasteiger partial charge in [0.25, 0.3) is 0 Å². The van der Waals surface area contributed by atoms with Gasteiger partial charge in [-0.2, -0.15) is 0 Å². The van der Waals surface area contributed by atoms with Crippen LogP contribution in [0.25, 0.3) is 0 Å². The molecule has 1 aliphatic rings. The lowest BCUT2D eigenvalue weighted by Gasteiger charge is -2.38. The van der Waals surface area contributed by atoms with Crippen LogP contribution in [-0.2, 0) is 10.3 Å². The molecule has 0 bridgehead atoms. The molecule has 130 valence electrons. The van der Waals surface area contributed by atoms with Crippen molar-refractivity contribution < 1.29 is 19.0 Å².